The molecule has 2 aromatic carbocycles. The smallest absolute Gasteiger partial charge is 0.261 e. The lowest BCUT2D eigenvalue weighted by Gasteiger charge is -2.35. The number of anilines is 1. The maximum absolute atomic E-state index is 13.3. The van der Waals surface area contributed by atoms with Crippen molar-refractivity contribution in [3.8, 4) is 0 Å². The lowest BCUT2D eigenvalue weighted by molar-refractivity contribution is 0.0625. The SMILES string of the molecule is Cc1ccc(NS(=O)(=O)c2ccc(C)c(C(=O)N3CCN(CCN4CCCC4)CC3)c2)cc1. The predicted octanol–water partition coefficient (Wildman–Crippen LogP) is 2.96. The molecule has 0 aliphatic carbocycles. The van der Waals surface area contributed by atoms with Gasteiger partial charge < -0.3 is 9.80 Å². The van der Waals surface area contributed by atoms with Gasteiger partial charge in [0.2, 0.25) is 0 Å². The molecule has 0 atom stereocenters. The molecule has 8 heteroatoms. The van der Waals surface area contributed by atoms with Crippen LogP contribution in [0.15, 0.2) is 47.4 Å². The quantitative estimate of drug-likeness (QED) is 0.674. The first-order valence-electron chi connectivity index (χ1n) is 11.8. The van der Waals surface area contributed by atoms with Gasteiger partial charge in [-0.15, -0.1) is 0 Å². The summed E-state index contributed by atoms with van der Waals surface area (Å²) in [6.45, 7) is 11.4. The average Bonchev–Trinajstić information content (AvgIpc) is 3.33. The minimum absolute atomic E-state index is 0.0981. The van der Waals surface area contributed by atoms with E-state index < -0.39 is 10.0 Å². The number of nitrogens with zero attached hydrogens (tertiary/aromatic N) is 3. The Morgan fingerprint density at radius 1 is 0.848 bits per heavy atom. The van der Waals surface area contributed by atoms with E-state index in [4.69, 9.17) is 0 Å². The summed E-state index contributed by atoms with van der Waals surface area (Å²) in [5, 5.41) is 0. The van der Waals surface area contributed by atoms with Crippen LogP contribution in [0.3, 0.4) is 0 Å². The molecule has 0 saturated carbocycles. The molecule has 4 rings (SSSR count). The Bertz CT molecular complexity index is 1070. The maximum Gasteiger partial charge on any atom is 0.261 e. The third kappa shape index (κ3) is 5.93. The number of aryl methyl sites for hydroxylation is 2. The summed E-state index contributed by atoms with van der Waals surface area (Å²) < 4.78 is 28.5. The Labute approximate surface area is 197 Å². The van der Waals surface area contributed by atoms with Gasteiger partial charge in [0.1, 0.15) is 0 Å². The second-order valence-corrected chi connectivity index (χ2v) is 10.8. The van der Waals surface area contributed by atoms with Crippen LogP contribution < -0.4 is 4.72 Å². The third-order valence-corrected chi connectivity index (χ3v) is 8.02. The van der Waals surface area contributed by atoms with Crippen molar-refractivity contribution >= 4 is 21.6 Å². The molecule has 1 N–H and O–H groups in total. The maximum atomic E-state index is 13.3. The highest BCUT2D eigenvalue weighted by Gasteiger charge is 2.25. The molecule has 2 aromatic rings. The highest BCUT2D eigenvalue weighted by atomic mass is 32.2. The van der Waals surface area contributed by atoms with Gasteiger partial charge in [-0.1, -0.05) is 23.8 Å². The lowest BCUT2D eigenvalue weighted by atomic mass is 10.1. The largest absolute Gasteiger partial charge is 0.336 e. The predicted molar refractivity (Wildman–Crippen MR) is 131 cm³/mol. The van der Waals surface area contributed by atoms with E-state index in [1.54, 1.807) is 24.3 Å². The number of rotatable bonds is 7. The molecule has 2 heterocycles. The molecule has 7 nitrogen and oxygen atoms in total. The summed E-state index contributed by atoms with van der Waals surface area (Å²) in [7, 11) is -3.79. The molecule has 0 radical (unpaired) electrons. The lowest BCUT2D eigenvalue weighted by Crippen LogP contribution is -2.50. The Balaban J connectivity index is 1.39. The van der Waals surface area contributed by atoms with Gasteiger partial charge >= 0.3 is 0 Å². The number of carbonyl (C=O) groups is 1. The van der Waals surface area contributed by atoms with Gasteiger partial charge in [0, 0.05) is 50.5 Å². The van der Waals surface area contributed by atoms with Gasteiger partial charge in [0.15, 0.2) is 0 Å². The van der Waals surface area contributed by atoms with Crippen LogP contribution in [-0.2, 0) is 10.0 Å². The monoisotopic (exact) mass is 470 g/mol. The van der Waals surface area contributed by atoms with Crippen LogP contribution in [0, 0.1) is 13.8 Å². The van der Waals surface area contributed by atoms with Crippen LogP contribution in [0.5, 0.6) is 0 Å². The fourth-order valence-electron chi connectivity index (χ4n) is 4.47. The number of benzene rings is 2. The van der Waals surface area contributed by atoms with Crippen molar-refractivity contribution in [3.05, 3.63) is 59.2 Å². The van der Waals surface area contributed by atoms with E-state index in [2.05, 4.69) is 14.5 Å². The van der Waals surface area contributed by atoms with Gasteiger partial charge in [0.05, 0.1) is 4.90 Å². The third-order valence-electron chi connectivity index (χ3n) is 6.64. The van der Waals surface area contributed by atoms with Crippen LogP contribution in [0.4, 0.5) is 5.69 Å². The topological polar surface area (TPSA) is 73.0 Å². The number of sulfonamides is 1. The Hall–Kier alpha value is -2.42. The zero-order valence-electron chi connectivity index (χ0n) is 19.6. The van der Waals surface area contributed by atoms with Gasteiger partial charge in [-0.3, -0.25) is 14.4 Å². The molecule has 2 aliphatic rings. The van der Waals surface area contributed by atoms with E-state index in [-0.39, 0.29) is 10.8 Å². The van der Waals surface area contributed by atoms with E-state index in [1.807, 2.05) is 30.9 Å². The minimum atomic E-state index is -3.79. The van der Waals surface area contributed by atoms with E-state index in [0.29, 0.717) is 24.3 Å². The number of likely N-dealkylation sites (tertiary alicyclic amines) is 1. The molecule has 0 aromatic heterocycles. The number of hydrogen-bond donors (Lipinski definition) is 1. The fourth-order valence-corrected chi connectivity index (χ4v) is 5.55. The standard InChI is InChI=1S/C25H34N4O3S/c1-20-5-8-22(9-6-20)26-33(31,32)23-10-7-21(2)24(19-23)25(30)29-17-15-28(16-18-29)14-13-27-11-3-4-12-27/h5-10,19,26H,3-4,11-18H2,1-2H3. The van der Waals surface area contributed by atoms with Crippen LogP contribution in [0.1, 0.15) is 34.3 Å². The fraction of sp³-hybridized carbons (Fsp3) is 0.480. The first-order valence-corrected chi connectivity index (χ1v) is 13.2. The molecule has 178 valence electrons. The van der Waals surface area contributed by atoms with Crippen molar-refractivity contribution in [3.63, 3.8) is 0 Å². The highest BCUT2D eigenvalue weighted by molar-refractivity contribution is 7.92. The number of hydrogen-bond acceptors (Lipinski definition) is 5. The van der Waals surface area contributed by atoms with E-state index in [9.17, 15) is 13.2 Å². The molecular formula is C25H34N4O3S. The van der Waals surface area contributed by atoms with E-state index >= 15 is 0 Å². The molecule has 0 unspecified atom stereocenters. The van der Waals surface area contributed by atoms with Crippen molar-refractivity contribution in [1.82, 2.24) is 14.7 Å². The van der Waals surface area contributed by atoms with E-state index in [0.717, 1.165) is 37.3 Å². The Morgan fingerprint density at radius 3 is 2.09 bits per heavy atom. The summed E-state index contributed by atoms with van der Waals surface area (Å²) in [6, 6.07) is 11.9. The minimum Gasteiger partial charge on any atom is -0.336 e. The Morgan fingerprint density at radius 2 is 1.45 bits per heavy atom. The van der Waals surface area contributed by atoms with Crippen molar-refractivity contribution in [2.45, 2.75) is 31.6 Å². The summed E-state index contributed by atoms with van der Waals surface area (Å²) in [5.41, 5.74) is 2.79. The first kappa shape index (κ1) is 23.7. The van der Waals surface area contributed by atoms with Crippen molar-refractivity contribution in [2.75, 3.05) is 57.1 Å². The van der Waals surface area contributed by atoms with Gasteiger partial charge in [0.25, 0.3) is 15.9 Å². The first-order chi connectivity index (χ1) is 15.8. The molecule has 2 aliphatic heterocycles. The number of nitrogens with one attached hydrogen (secondary N) is 1. The second kappa shape index (κ2) is 10.2. The van der Waals surface area contributed by atoms with Crippen LogP contribution in [0.25, 0.3) is 0 Å². The zero-order valence-corrected chi connectivity index (χ0v) is 20.4. The summed E-state index contributed by atoms with van der Waals surface area (Å²) in [5.74, 6) is -0.0981. The molecule has 33 heavy (non-hydrogen) atoms. The van der Waals surface area contributed by atoms with Gasteiger partial charge in [-0.2, -0.15) is 0 Å². The normalized spacial score (nSPS) is 17.9. The summed E-state index contributed by atoms with van der Waals surface area (Å²) in [6.07, 6.45) is 2.61. The number of carbonyl (C=O) groups excluding carboxylic acids is 1. The molecule has 0 bridgehead atoms. The summed E-state index contributed by atoms with van der Waals surface area (Å²) >= 11 is 0. The molecule has 2 saturated heterocycles. The molecule has 1 amide bonds. The average molecular weight is 471 g/mol. The van der Waals surface area contributed by atoms with Crippen LogP contribution >= 0.6 is 0 Å². The van der Waals surface area contributed by atoms with Crippen LogP contribution in [-0.4, -0.2) is 81.4 Å². The number of piperazine rings is 1. The zero-order chi connectivity index (χ0) is 23.4. The second-order valence-electron chi connectivity index (χ2n) is 9.13. The van der Waals surface area contributed by atoms with Crippen molar-refractivity contribution < 1.29 is 13.2 Å². The van der Waals surface area contributed by atoms with E-state index in [1.165, 1.54) is 32.0 Å². The molecule has 0 spiro atoms. The van der Waals surface area contributed by atoms with Crippen molar-refractivity contribution in [2.24, 2.45) is 0 Å². The Kier molecular flexibility index (Phi) is 7.36. The van der Waals surface area contributed by atoms with Crippen LogP contribution in [0.2, 0.25) is 0 Å². The summed E-state index contributed by atoms with van der Waals surface area (Å²) in [4.78, 5) is 20.1. The molecular weight excluding hydrogens is 436 g/mol. The van der Waals surface area contributed by atoms with Gasteiger partial charge in [-0.25, -0.2) is 8.42 Å². The van der Waals surface area contributed by atoms with Crippen molar-refractivity contribution in [1.29, 1.82) is 0 Å². The van der Waals surface area contributed by atoms with Gasteiger partial charge in [-0.05, 0) is 69.6 Å². The number of amides is 1. The highest BCUT2D eigenvalue weighted by Crippen LogP contribution is 2.21. The molecule has 2 fully saturated rings.